The van der Waals surface area contributed by atoms with E-state index in [1.165, 1.54) is 11.1 Å². The lowest BCUT2D eigenvalue weighted by Gasteiger charge is -2.26. The van der Waals surface area contributed by atoms with Crippen LogP contribution in [0.1, 0.15) is 45.2 Å². The highest BCUT2D eigenvalue weighted by Crippen LogP contribution is 2.34. The summed E-state index contributed by atoms with van der Waals surface area (Å²) in [5.41, 5.74) is 2.39. The summed E-state index contributed by atoms with van der Waals surface area (Å²) in [7, 11) is 0. The minimum absolute atomic E-state index is 0.0463. The van der Waals surface area contributed by atoms with Gasteiger partial charge in [0, 0.05) is 0 Å². The van der Waals surface area contributed by atoms with Gasteiger partial charge in [-0.2, -0.15) is 0 Å². The molecule has 0 amide bonds. The summed E-state index contributed by atoms with van der Waals surface area (Å²) in [5, 5.41) is 0. The van der Waals surface area contributed by atoms with Crippen LogP contribution in [0.3, 0.4) is 0 Å². The van der Waals surface area contributed by atoms with Crippen molar-refractivity contribution >= 4 is 5.90 Å². The first kappa shape index (κ1) is 13.1. The molecular formula is C16H23NO. The molecule has 18 heavy (non-hydrogen) atoms. The summed E-state index contributed by atoms with van der Waals surface area (Å²) in [6.07, 6.45) is 1.01. The molecule has 1 aliphatic heterocycles. The molecule has 0 radical (unpaired) electrons. The number of hydrogen-bond donors (Lipinski definition) is 0. The molecule has 2 rings (SSSR count). The average Bonchev–Trinajstić information content (AvgIpc) is 2.74. The minimum Gasteiger partial charge on any atom is -0.478 e. The molecule has 0 spiro atoms. The molecule has 0 saturated heterocycles. The smallest absolute Gasteiger partial charge is 0.194 e. The monoisotopic (exact) mass is 245 g/mol. The van der Waals surface area contributed by atoms with Gasteiger partial charge in [0.1, 0.15) is 6.61 Å². The third kappa shape index (κ3) is 2.16. The summed E-state index contributed by atoms with van der Waals surface area (Å²) < 4.78 is 5.88. The summed E-state index contributed by atoms with van der Waals surface area (Å²) in [4.78, 5) is 4.82. The van der Waals surface area contributed by atoms with E-state index in [-0.39, 0.29) is 11.0 Å². The standard InChI is InChI=1S/C16H23NO/c1-6-16(5)11-18-14(17-16)15(3,4)13-10-8-7-9-12(13)2/h7-10H,6,11H2,1-5H3. The zero-order valence-corrected chi connectivity index (χ0v) is 12.1. The molecule has 0 aromatic heterocycles. The molecule has 0 fully saturated rings. The number of benzene rings is 1. The van der Waals surface area contributed by atoms with Crippen molar-refractivity contribution in [2.75, 3.05) is 6.61 Å². The molecule has 1 atom stereocenters. The van der Waals surface area contributed by atoms with Gasteiger partial charge in [0.2, 0.25) is 0 Å². The van der Waals surface area contributed by atoms with Crippen molar-refractivity contribution in [2.24, 2.45) is 4.99 Å². The summed E-state index contributed by atoms with van der Waals surface area (Å²) >= 11 is 0. The van der Waals surface area contributed by atoms with Crippen LogP contribution in [-0.4, -0.2) is 18.0 Å². The SMILES string of the molecule is CCC1(C)COC(C(C)(C)c2ccccc2C)=N1. The number of nitrogens with zero attached hydrogens (tertiary/aromatic N) is 1. The van der Waals surface area contributed by atoms with Crippen molar-refractivity contribution in [1.82, 2.24) is 0 Å². The van der Waals surface area contributed by atoms with Crippen molar-refractivity contribution in [3.05, 3.63) is 35.4 Å². The van der Waals surface area contributed by atoms with Gasteiger partial charge in [-0.25, -0.2) is 4.99 Å². The van der Waals surface area contributed by atoms with E-state index >= 15 is 0 Å². The number of hydrogen-bond acceptors (Lipinski definition) is 2. The van der Waals surface area contributed by atoms with Crippen LogP contribution < -0.4 is 0 Å². The van der Waals surface area contributed by atoms with Gasteiger partial charge in [-0.3, -0.25) is 0 Å². The maximum absolute atomic E-state index is 5.88. The zero-order valence-electron chi connectivity index (χ0n) is 12.1. The van der Waals surface area contributed by atoms with E-state index in [0.29, 0.717) is 6.61 Å². The number of aliphatic imine (C=N–C) groups is 1. The highest BCUT2D eigenvalue weighted by molar-refractivity contribution is 5.89. The highest BCUT2D eigenvalue weighted by atomic mass is 16.5. The molecule has 1 aromatic rings. The van der Waals surface area contributed by atoms with E-state index in [1.54, 1.807) is 0 Å². The van der Waals surface area contributed by atoms with Crippen molar-refractivity contribution in [2.45, 2.75) is 52.0 Å². The Morgan fingerprint density at radius 1 is 1.33 bits per heavy atom. The van der Waals surface area contributed by atoms with Crippen molar-refractivity contribution in [3.8, 4) is 0 Å². The fourth-order valence-electron chi connectivity index (χ4n) is 2.42. The molecule has 1 unspecified atom stereocenters. The molecule has 0 saturated carbocycles. The zero-order chi connectivity index (χ0) is 13.4. The molecule has 2 heteroatoms. The van der Waals surface area contributed by atoms with E-state index in [0.717, 1.165) is 12.3 Å². The Morgan fingerprint density at radius 2 is 2.00 bits per heavy atom. The van der Waals surface area contributed by atoms with E-state index in [1.807, 2.05) is 0 Å². The summed E-state index contributed by atoms with van der Waals surface area (Å²) in [6, 6.07) is 8.47. The van der Waals surface area contributed by atoms with E-state index in [2.05, 4.69) is 58.9 Å². The second-order valence-electron chi connectivity index (χ2n) is 6.00. The van der Waals surface area contributed by atoms with E-state index in [9.17, 15) is 0 Å². The van der Waals surface area contributed by atoms with Crippen LogP contribution in [0.5, 0.6) is 0 Å². The van der Waals surface area contributed by atoms with Crippen LogP contribution in [0, 0.1) is 6.92 Å². The Labute approximate surface area is 110 Å². The quantitative estimate of drug-likeness (QED) is 0.792. The predicted molar refractivity (Wildman–Crippen MR) is 76.3 cm³/mol. The number of aryl methyl sites for hydroxylation is 1. The van der Waals surface area contributed by atoms with E-state index < -0.39 is 0 Å². The van der Waals surface area contributed by atoms with Crippen LogP contribution in [0.25, 0.3) is 0 Å². The lowest BCUT2D eigenvalue weighted by molar-refractivity contribution is 0.249. The summed E-state index contributed by atoms with van der Waals surface area (Å²) in [6.45, 7) is 11.6. The third-order valence-corrected chi connectivity index (χ3v) is 4.01. The fraction of sp³-hybridized carbons (Fsp3) is 0.562. The van der Waals surface area contributed by atoms with Gasteiger partial charge in [0.15, 0.2) is 5.90 Å². The van der Waals surface area contributed by atoms with Crippen LogP contribution in [0.15, 0.2) is 29.3 Å². The number of rotatable bonds is 3. The predicted octanol–water partition coefficient (Wildman–Crippen LogP) is 3.87. The van der Waals surface area contributed by atoms with Crippen molar-refractivity contribution in [1.29, 1.82) is 0 Å². The molecule has 0 N–H and O–H groups in total. The van der Waals surface area contributed by atoms with Crippen LogP contribution in [-0.2, 0) is 10.2 Å². The normalized spacial score (nSPS) is 23.7. The van der Waals surface area contributed by atoms with Gasteiger partial charge < -0.3 is 4.74 Å². The Kier molecular flexibility index (Phi) is 3.22. The lowest BCUT2D eigenvalue weighted by atomic mass is 9.81. The van der Waals surface area contributed by atoms with Gasteiger partial charge in [-0.05, 0) is 45.2 Å². The third-order valence-electron chi connectivity index (χ3n) is 4.01. The van der Waals surface area contributed by atoms with Crippen molar-refractivity contribution < 1.29 is 4.74 Å². The van der Waals surface area contributed by atoms with Crippen LogP contribution >= 0.6 is 0 Å². The summed E-state index contributed by atoms with van der Waals surface area (Å²) in [5.74, 6) is 0.876. The molecule has 0 aliphatic carbocycles. The van der Waals surface area contributed by atoms with Crippen molar-refractivity contribution in [3.63, 3.8) is 0 Å². The Morgan fingerprint density at radius 3 is 2.56 bits per heavy atom. The first-order valence-corrected chi connectivity index (χ1v) is 6.68. The number of ether oxygens (including phenoxy) is 1. The topological polar surface area (TPSA) is 21.6 Å². The Balaban J connectivity index is 2.39. The van der Waals surface area contributed by atoms with Crippen LogP contribution in [0.2, 0.25) is 0 Å². The average molecular weight is 245 g/mol. The molecule has 1 aliphatic rings. The van der Waals surface area contributed by atoms with Gasteiger partial charge >= 0.3 is 0 Å². The molecule has 1 heterocycles. The lowest BCUT2D eigenvalue weighted by Crippen LogP contribution is -2.30. The van der Waals surface area contributed by atoms with Gasteiger partial charge in [-0.1, -0.05) is 31.2 Å². The van der Waals surface area contributed by atoms with Gasteiger partial charge in [0.05, 0.1) is 11.0 Å². The minimum atomic E-state index is -0.154. The van der Waals surface area contributed by atoms with Gasteiger partial charge in [0.25, 0.3) is 0 Å². The first-order valence-electron chi connectivity index (χ1n) is 6.68. The second-order valence-corrected chi connectivity index (χ2v) is 6.00. The maximum atomic E-state index is 5.88. The largest absolute Gasteiger partial charge is 0.478 e. The molecule has 2 nitrogen and oxygen atoms in total. The highest BCUT2D eigenvalue weighted by Gasteiger charge is 2.38. The molecular weight excluding hydrogens is 222 g/mol. The Bertz CT molecular complexity index is 476. The van der Waals surface area contributed by atoms with E-state index in [4.69, 9.17) is 9.73 Å². The molecule has 98 valence electrons. The maximum Gasteiger partial charge on any atom is 0.194 e. The fourth-order valence-corrected chi connectivity index (χ4v) is 2.42. The second kappa shape index (κ2) is 4.42. The van der Waals surface area contributed by atoms with Crippen LogP contribution in [0.4, 0.5) is 0 Å². The molecule has 1 aromatic carbocycles. The Hall–Kier alpha value is -1.31. The first-order chi connectivity index (χ1) is 8.39. The molecule has 0 bridgehead atoms. The van der Waals surface area contributed by atoms with Gasteiger partial charge in [-0.15, -0.1) is 0 Å².